The second kappa shape index (κ2) is 6.23. The minimum absolute atomic E-state index is 0.142. The number of allylic oxidation sites excluding steroid dienone is 2. The number of halogens is 1. The fourth-order valence-electron chi connectivity index (χ4n) is 2.84. The van der Waals surface area contributed by atoms with E-state index in [1.807, 2.05) is 13.8 Å². The molecule has 1 aromatic carbocycles. The quantitative estimate of drug-likeness (QED) is 0.721. The Morgan fingerprint density at radius 3 is 2.63 bits per heavy atom. The van der Waals surface area contributed by atoms with Gasteiger partial charge in [-0.25, -0.2) is 4.39 Å². The molecular weight excluding hydrogens is 239 g/mol. The Bertz CT molecular complexity index is 463. The van der Waals surface area contributed by atoms with Crippen molar-refractivity contribution in [1.29, 1.82) is 0 Å². The van der Waals surface area contributed by atoms with Crippen LogP contribution < -0.4 is 0 Å². The molecule has 0 fully saturated rings. The second-order valence-electron chi connectivity index (χ2n) is 5.76. The van der Waals surface area contributed by atoms with Gasteiger partial charge in [0.1, 0.15) is 11.6 Å². The monoisotopic (exact) mass is 262 g/mol. The van der Waals surface area contributed by atoms with Gasteiger partial charge in [-0.05, 0) is 67.2 Å². The van der Waals surface area contributed by atoms with Crippen molar-refractivity contribution >= 4 is 0 Å². The number of hydrogen-bond acceptors (Lipinski definition) is 1. The number of rotatable bonds is 2. The average Bonchev–Trinajstić information content (AvgIpc) is 2.31. The molecule has 1 atom stereocenters. The minimum Gasteiger partial charge on any atom is -0.508 e. The first kappa shape index (κ1) is 14.1. The summed E-state index contributed by atoms with van der Waals surface area (Å²) in [5.41, 5.74) is 1.39. The van der Waals surface area contributed by atoms with E-state index < -0.39 is 0 Å². The molecule has 19 heavy (non-hydrogen) atoms. The van der Waals surface area contributed by atoms with Crippen molar-refractivity contribution in [3.05, 3.63) is 41.2 Å². The third-order valence-corrected chi connectivity index (χ3v) is 3.98. The lowest BCUT2D eigenvalue weighted by Gasteiger charge is -2.20. The van der Waals surface area contributed by atoms with Gasteiger partial charge in [0.2, 0.25) is 0 Å². The molecule has 1 aromatic rings. The highest BCUT2D eigenvalue weighted by Gasteiger charge is 2.19. The molecule has 0 saturated heterocycles. The van der Waals surface area contributed by atoms with Gasteiger partial charge < -0.3 is 5.11 Å². The van der Waals surface area contributed by atoms with Crippen LogP contribution in [0, 0.1) is 5.82 Å². The van der Waals surface area contributed by atoms with Crippen LogP contribution in [0.25, 0.3) is 0 Å². The molecule has 0 radical (unpaired) electrons. The minimum atomic E-state index is -0.156. The van der Waals surface area contributed by atoms with E-state index in [1.165, 1.54) is 6.07 Å². The molecule has 104 valence electrons. The molecule has 1 unspecified atom stereocenters. The lowest BCUT2D eigenvalue weighted by molar-refractivity contribution is 0.453. The van der Waals surface area contributed by atoms with E-state index in [0.29, 0.717) is 11.1 Å². The molecule has 1 aliphatic carbocycles. The maximum absolute atomic E-state index is 14.3. The fraction of sp³-hybridized carbons (Fsp3) is 0.529. The average molecular weight is 262 g/mol. The second-order valence-corrected chi connectivity index (χ2v) is 5.76. The SMILES string of the molecule is CC(C)c1cc(F)c(C2CC/C=C\CCC2)cc1O. The zero-order valence-corrected chi connectivity index (χ0v) is 11.8. The van der Waals surface area contributed by atoms with E-state index in [-0.39, 0.29) is 23.4 Å². The summed E-state index contributed by atoms with van der Waals surface area (Å²) < 4.78 is 14.3. The summed E-state index contributed by atoms with van der Waals surface area (Å²) in [5.74, 6) is 0.459. The third kappa shape index (κ3) is 3.37. The molecule has 1 N–H and O–H groups in total. The van der Waals surface area contributed by atoms with Gasteiger partial charge in [-0.15, -0.1) is 0 Å². The van der Waals surface area contributed by atoms with Gasteiger partial charge in [-0.3, -0.25) is 0 Å². The molecule has 1 nitrogen and oxygen atoms in total. The largest absolute Gasteiger partial charge is 0.508 e. The first-order valence-corrected chi connectivity index (χ1v) is 7.27. The van der Waals surface area contributed by atoms with Crippen molar-refractivity contribution in [3.8, 4) is 5.75 Å². The highest BCUT2D eigenvalue weighted by atomic mass is 19.1. The highest BCUT2D eigenvalue weighted by Crippen LogP contribution is 2.36. The van der Waals surface area contributed by atoms with Gasteiger partial charge in [0, 0.05) is 0 Å². The Hall–Kier alpha value is -1.31. The van der Waals surface area contributed by atoms with Crippen molar-refractivity contribution < 1.29 is 9.50 Å². The predicted octanol–water partition coefficient (Wildman–Crippen LogP) is 5.26. The van der Waals surface area contributed by atoms with E-state index in [0.717, 1.165) is 32.1 Å². The number of phenolic OH excluding ortho intramolecular Hbond substituents is 1. The van der Waals surface area contributed by atoms with Crippen LogP contribution in [-0.4, -0.2) is 5.11 Å². The van der Waals surface area contributed by atoms with E-state index in [1.54, 1.807) is 6.07 Å². The van der Waals surface area contributed by atoms with Crippen LogP contribution in [0.15, 0.2) is 24.3 Å². The Balaban J connectivity index is 2.28. The molecule has 1 aliphatic rings. The number of phenols is 1. The molecule has 2 rings (SSSR count). The summed E-state index contributed by atoms with van der Waals surface area (Å²) in [6, 6.07) is 3.17. The Kier molecular flexibility index (Phi) is 4.62. The maximum Gasteiger partial charge on any atom is 0.127 e. The molecule has 0 amide bonds. The predicted molar refractivity (Wildman–Crippen MR) is 77.1 cm³/mol. The topological polar surface area (TPSA) is 20.2 Å². The fourth-order valence-corrected chi connectivity index (χ4v) is 2.84. The molecule has 0 saturated carbocycles. The summed E-state index contributed by atoms with van der Waals surface area (Å²) in [5, 5.41) is 10.1. The van der Waals surface area contributed by atoms with Crippen molar-refractivity contribution in [1.82, 2.24) is 0 Å². The van der Waals surface area contributed by atoms with Crippen LogP contribution in [0.2, 0.25) is 0 Å². The number of aromatic hydroxyl groups is 1. The molecule has 0 spiro atoms. The summed E-state index contributed by atoms with van der Waals surface area (Å²) in [6.07, 6.45) is 9.53. The zero-order chi connectivity index (χ0) is 13.8. The third-order valence-electron chi connectivity index (χ3n) is 3.98. The summed E-state index contributed by atoms with van der Waals surface area (Å²) in [7, 11) is 0. The van der Waals surface area contributed by atoms with Gasteiger partial charge in [0.05, 0.1) is 0 Å². The molecular formula is C17H23FO. The van der Waals surface area contributed by atoms with Gasteiger partial charge in [0.15, 0.2) is 0 Å². The van der Waals surface area contributed by atoms with Crippen LogP contribution in [0.5, 0.6) is 5.75 Å². The Morgan fingerprint density at radius 1 is 1.16 bits per heavy atom. The molecule has 0 aromatic heterocycles. The summed E-state index contributed by atoms with van der Waals surface area (Å²) >= 11 is 0. The van der Waals surface area contributed by atoms with Crippen LogP contribution >= 0.6 is 0 Å². The van der Waals surface area contributed by atoms with E-state index >= 15 is 0 Å². The van der Waals surface area contributed by atoms with Crippen LogP contribution in [0.4, 0.5) is 4.39 Å². The molecule has 2 heteroatoms. The number of hydrogen-bond donors (Lipinski definition) is 1. The lowest BCUT2D eigenvalue weighted by Crippen LogP contribution is -2.04. The van der Waals surface area contributed by atoms with E-state index in [9.17, 15) is 9.50 Å². The molecule has 0 heterocycles. The van der Waals surface area contributed by atoms with E-state index in [4.69, 9.17) is 0 Å². The summed E-state index contributed by atoms with van der Waals surface area (Å²) in [6.45, 7) is 3.93. The van der Waals surface area contributed by atoms with Gasteiger partial charge in [-0.1, -0.05) is 26.0 Å². The lowest BCUT2D eigenvalue weighted by atomic mass is 9.86. The van der Waals surface area contributed by atoms with Crippen molar-refractivity contribution in [2.24, 2.45) is 0 Å². The van der Waals surface area contributed by atoms with Gasteiger partial charge >= 0.3 is 0 Å². The normalized spacial score (nSPS) is 22.0. The first-order chi connectivity index (χ1) is 9.09. The summed E-state index contributed by atoms with van der Waals surface area (Å²) in [4.78, 5) is 0. The first-order valence-electron chi connectivity index (χ1n) is 7.27. The zero-order valence-electron chi connectivity index (χ0n) is 11.8. The van der Waals surface area contributed by atoms with Crippen molar-refractivity contribution in [3.63, 3.8) is 0 Å². The smallest absolute Gasteiger partial charge is 0.127 e. The number of benzene rings is 1. The molecule has 0 aliphatic heterocycles. The highest BCUT2D eigenvalue weighted by molar-refractivity contribution is 5.40. The maximum atomic E-state index is 14.3. The van der Waals surface area contributed by atoms with Crippen molar-refractivity contribution in [2.75, 3.05) is 0 Å². The van der Waals surface area contributed by atoms with Gasteiger partial charge in [-0.2, -0.15) is 0 Å². The molecule has 0 bridgehead atoms. The Labute approximate surface area is 115 Å². The van der Waals surface area contributed by atoms with Crippen molar-refractivity contribution in [2.45, 2.75) is 57.8 Å². The van der Waals surface area contributed by atoms with Crippen LogP contribution in [0.1, 0.15) is 68.9 Å². The standard InChI is InChI=1S/C17H23FO/c1-12(2)14-10-16(18)15(11-17(14)19)13-8-6-4-3-5-7-9-13/h3-4,10-13,19H,5-9H2,1-2H3/b4-3-. The van der Waals surface area contributed by atoms with Crippen LogP contribution in [0.3, 0.4) is 0 Å². The van der Waals surface area contributed by atoms with Crippen LogP contribution in [-0.2, 0) is 0 Å². The Morgan fingerprint density at radius 2 is 1.89 bits per heavy atom. The van der Waals surface area contributed by atoms with E-state index in [2.05, 4.69) is 12.2 Å². The van der Waals surface area contributed by atoms with Gasteiger partial charge in [0.25, 0.3) is 0 Å².